The van der Waals surface area contributed by atoms with Crippen molar-refractivity contribution in [2.75, 3.05) is 6.61 Å². The SMILES string of the molecule is CC1=C2[C@H](O)C3=C(C[C@H]2OC1=O)[C@]1(C)CCC[C@@](C)(CO)[C@H]1CC3. The van der Waals surface area contributed by atoms with Gasteiger partial charge in [0.1, 0.15) is 12.2 Å². The molecule has 2 N–H and O–H groups in total. The van der Waals surface area contributed by atoms with Gasteiger partial charge < -0.3 is 14.9 Å². The first kappa shape index (κ1) is 16.3. The fourth-order valence-electron chi connectivity index (χ4n) is 6.22. The molecule has 4 heteroatoms. The number of fused-ring (bicyclic) bond motifs is 3. The Labute approximate surface area is 143 Å². The van der Waals surface area contributed by atoms with Gasteiger partial charge in [0, 0.05) is 24.2 Å². The van der Waals surface area contributed by atoms with Gasteiger partial charge in [-0.25, -0.2) is 4.79 Å². The summed E-state index contributed by atoms with van der Waals surface area (Å²) < 4.78 is 5.54. The molecule has 0 aromatic rings. The van der Waals surface area contributed by atoms with Crippen molar-refractivity contribution in [1.82, 2.24) is 0 Å². The number of ether oxygens (including phenoxy) is 1. The van der Waals surface area contributed by atoms with Crippen molar-refractivity contribution in [2.45, 2.75) is 71.5 Å². The number of carbonyl (C=O) groups is 1. The Morgan fingerprint density at radius 3 is 2.75 bits per heavy atom. The van der Waals surface area contributed by atoms with Crippen LogP contribution in [0.3, 0.4) is 0 Å². The molecule has 4 aliphatic rings. The molecule has 0 spiro atoms. The normalized spacial score (nSPS) is 44.9. The Bertz CT molecular complexity index is 661. The largest absolute Gasteiger partial charge is 0.454 e. The Kier molecular flexibility index (Phi) is 3.53. The Morgan fingerprint density at radius 2 is 2.04 bits per heavy atom. The van der Waals surface area contributed by atoms with E-state index >= 15 is 0 Å². The second-order valence-corrected chi connectivity index (χ2v) is 8.76. The van der Waals surface area contributed by atoms with Crippen LogP contribution < -0.4 is 0 Å². The van der Waals surface area contributed by atoms with Crippen LogP contribution in [0.5, 0.6) is 0 Å². The van der Waals surface area contributed by atoms with E-state index in [2.05, 4.69) is 13.8 Å². The summed E-state index contributed by atoms with van der Waals surface area (Å²) in [7, 11) is 0. The van der Waals surface area contributed by atoms with E-state index in [9.17, 15) is 15.0 Å². The van der Waals surface area contributed by atoms with Crippen LogP contribution in [0.4, 0.5) is 0 Å². The van der Waals surface area contributed by atoms with Crippen molar-refractivity contribution in [3.8, 4) is 0 Å². The Balaban J connectivity index is 1.79. The second-order valence-electron chi connectivity index (χ2n) is 8.76. The minimum Gasteiger partial charge on any atom is -0.454 e. The zero-order chi connectivity index (χ0) is 17.3. The number of carbonyl (C=O) groups excluding carboxylic acids is 1. The molecule has 5 atom stereocenters. The fourth-order valence-corrected chi connectivity index (χ4v) is 6.22. The third-order valence-corrected chi connectivity index (χ3v) is 7.54. The van der Waals surface area contributed by atoms with Crippen LogP contribution in [-0.2, 0) is 9.53 Å². The fraction of sp³-hybridized carbons (Fsp3) is 0.750. The van der Waals surface area contributed by atoms with Gasteiger partial charge in [0.2, 0.25) is 0 Å². The van der Waals surface area contributed by atoms with E-state index in [1.807, 2.05) is 0 Å². The lowest BCUT2D eigenvalue weighted by Gasteiger charge is -2.57. The molecule has 1 fully saturated rings. The molecule has 3 aliphatic carbocycles. The first-order valence-electron chi connectivity index (χ1n) is 9.25. The van der Waals surface area contributed by atoms with E-state index in [0.717, 1.165) is 49.7 Å². The maximum atomic E-state index is 12.0. The Morgan fingerprint density at radius 1 is 1.29 bits per heavy atom. The maximum absolute atomic E-state index is 12.0. The highest BCUT2D eigenvalue weighted by Crippen LogP contribution is 2.62. The summed E-state index contributed by atoms with van der Waals surface area (Å²) in [5.74, 6) is 0.151. The van der Waals surface area contributed by atoms with Gasteiger partial charge in [-0.1, -0.05) is 25.8 Å². The monoisotopic (exact) mass is 332 g/mol. The zero-order valence-corrected chi connectivity index (χ0v) is 14.9. The molecular weight excluding hydrogens is 304 g/mol. The van der Waals surface area contributed by atoms with Crippen molar-refractivity contribution < 1.29 is 19.7 Å². The number of esters is 1. The van der Waals surface area contributed by atoms with E-state index in [1.54, 1.807) is 6.92 Å². The molecule has 1 saturated carbocycles. The maximum Gasteiger partial charge on any atom is 0.334 e. The predicted molar refractivity (Wildman–Crippen MR) is 90.1 cm³/mol. The van der Waals surface area contributed by atoms with Gasteiger partial charge in [-0.2, -0.15) is 0 Å². The molecule has 24 heavy (non-hydrogen) atoms. The number of aliphatic hydroxyl groups is 2. The first-order chi connectivity index (χ1) is 11.3. The summed E-state index contributed by atoms with van der Waals surface area (Å²) in [6, 6.07) is 0. The topological polar surface area (TPSA) is 66.8 Å². The average molecular weight is 332 g/mol. The van der Waals surface area contributed by atoms with Crippen LogP contribution in [0.2, 0.25) is 0 Å². The molecule has 0 radical (unpaired) electrons. The number of hydrogen-bond donors (Lipinski definition) is 2. The van der Waals surface area contributed by atoms with Gasteiger partial charge in [-0.15, -0.1) is 0 Å². The van der Waals surface area contributed by atoms with E-state index < -0.39 is 6.10 Å². The quantitative estimate of drug-likeness (QED) is 0.572. The lowest BCUT2D eigenvalue weighted by Crippen LogP contribution is -2.51. The first-order valence-corrected chi connectivity index (χ1v) is 9.25. The van der Waals surface area contributed by atoms with Crippen LogP contribution in [0.15, 0.2) is 22.3 Å². The van der Waals surface area contributed by atoms with E-state index in [0.29, 0.717) is 11.5 Å². The number of rotatable bonds is 1. The van der Waals surface area contributed by atoms with Crippen LogP contribution >= 0.6 is 0 Å². The zero-order valence-electron chi connectivity index (χ0n) is 14.9. The molecule has 1 aliphatic heterocycles. The highest BCUT2D eigenvalue weighted by Gasteiger charge is 2.55. The van der Waals surface area contributed by atoms with E-state index in [1.165, 1.54) is 5.57 Å². The van der Waals surface area contributed by atoms with Gasteiger partial charge >= 0.3 is 5.97 Å². The van der Waals surface area contributed by atoms with Crippen LogP contribution in [0.1, 0.15) is 59.3 Å². The van der Waals surface area contributed by atoms with Crippen molar-refractivity contribution in [3.63, 3.8) is 0 Å². The van der Waals surface area contributed by atoms with Gasteiger partial charge in [0.15, 0.2) is 0 Å². The third kappa shape index (κ3) is 1.96. The summed E-state index contributed by atoms with van der Waals surface area (Å²) in [6.45, 7) is 6.51. The summed E-state index contributed by atoms with van der Waals surface area (Å²) in [6.07, 6.45) is 4.91. The minimum absolute atomic E-state index is 0.00126. The van der Waals surface area contributed by atoms with Crippen LogP contribution in [0, 0.1) is 16.7 Å². The Hall–Kier alpha value is -1.13. The van der Waals surface area contributed by atoms with E-state index in [4.69, 9.17) is 4.74 Å². The van der Waals surface area contributed by atoms with Crippen molar-refractivity contribution in [1.29, 1.82) is 0 Å². The summed E-state index contributed by atoms with van der Waals surface area (Å²) in [5.41, 5.74) is 3.77. The highest BCUT2D eigenvalue weighted by atomic mass is 16.5. The van der Waals surface area contributed by atoms with Gasteiger partial charge in [-0.3, -0.25) is 0 Å². The summed E-state index contributed by atoms with van der Waals surface area (Å²) >= 11 is 0. The van der Waals surface area contributed by atoms with Gasteiger partial charge in [-0.05, 0) is 54.9 Å². The second kappa shape index (κ2) is 5.18. The molecule has 0 aromatic heterocycles. The van der Waals surface area contributed by atoms with Crippen molar-refractivity contribution in [3.05, 3.63) is 22.3 Å². The molecular formula is C20H28O4. The molecule has 0 unspecified atom stereocenters. The van der Waals surface area contributed by atoms with Crippen molar-refractivity contribution >= 4 is 5.97 Å². The minimum atomic E-state index is -0.662. The average Bonchev–Trinajstić information content (AvgIpc) is 2.83. The smallest absolute Gasteiger partial charge is 0.334 e. The lowest BCUT2D eigenvalue weighted by molar-refractivity contribution is -0.140. The summed E-state index contributed by atoms with van der Waals surface area (Å²) in [5, 5.41) is 21.0. The standard InChI is InChI=1S/C20H28O4/c1-11-16-14(24-18(11)23)9-13-12(17(16)22)5-6-15-19(2,10-21)7-4-8-20(13,15)3/h14-15,17,21-22H,4-10H2,1-3H3/t14-,15-,17-,19+,20+/m1/s1. The lowest BCUT2D eigenvalue weighted by atomic mass is 9.48. The van der Waals surface area contributed by atoms with Crippen LogP contribution in [-0.4, -0.2) is 35.0 Å². The molecule has 4 rings (SSSR count). The van der Waals surface area contributed by atoms with Crippen LogP contribution in [0.25, 0.3) is 0 Å². The number of hydrogen-bond acceptors (Lipinski definition) is 4. The third-order valence-electron chi connectivity index (χ3n) is 7.54. The predicted octanol–water partition coefficient (Wildman–Crippen LogP) is 2.89. The summed E-state index contributed by atoms with van der Waals surface area (Å²) in [4.78, 5) is 12.0. The highest BCUT2D eigenvalue weighted by molar-refractivity contribution is 5.92. The number of aliphatic hydroxyl groups excluding tert-OH is 2. The van der Waals surface area contributed by atoms with E-state index in [-0.39, 0.29) is 29.5 Å². The molecule has 132 valence electrons. The molecule has 0 bridgehead atoms. The van der Waals surface area contributed by atoms with Gasteiger partial charge in [0.25, 0.3) is 0 Å². The molecule has 0 saturated heterocycles. The molecule has 4 nitrogen and oxygen atoms in total. The van der Waals surface area contributed by atoms with Gasteiger partial charge in [0.05, 0.1) is 0 Å². The molecule has 0 aromatic carbocycles. The molecule has 1 heterocycles. The molecule has 0 amide bonds. The van der Waals surface area contributed by atoms with Crippen molar-refractivity contribution in [2.24, 2.45) is 16.7 Å².